The Morgan fingerprint density at radius 1 is 0.278 bits per heavy atom. The molecular formula is C66H82Br6. The molecule has 8 rings (SSSR count). The van der Waals surface area contributed by atoms with Crippen molar-refractivity contribution < 1.29 is 0 Å². The maximum Gasteiger partial charge on any atom is 0.0257 e. The van der Waals surface area contributed by atoms with E-state index >= 15 is 0 Å². The van der Waals surface area contributed by atoms with Gasteiger partial charge in [0.05, 0.1) is 0 Å². The fourth-order valence-corrected chi connectivity index (χ4v) is 15.3. The molecule has 0 heterocycles. The summed E-state index contributed by atoms with van der Waals surface area (Å²) < 4.78 is 7.14. The Balaban J connectivity index is 0.000000211. The van der Waals surface area contributed by atoms with Crippen molar-refractivity contribution >= 4 is 117 Å². The Kier molecular flexibility index (Phi) is 23.4. The van der Waals surface area contributed by atoms with Crippen LogP contribution in [0.25, 0.3) is 43.8 Å². The van der Waals surface area contributed by atoms with E-state index in [-0.39, 0.29) is 10.8 Å². The van der Waals surface area contributed by atoms with E-state index in [9.17, 15) is 0 Å². The minimum Gasteiger partial charge on any atom is -0.0654 e. The molecule has 0 saturated carbocycles. The molecule has 0 bridgehead atoms. The van der Waals surface area contributed by atoms with E-state index in [4.69, 9.17) is 0 Å². The highest BCUT2D eigenvalue weighted by molar-refractivity contribution is 9.11. The normalized spacial score (nSPS) is 13.8. The van der Waals surface area contributed by atoms with Crippen molar-refractivity contribution in [1.29, 1.82) is 0 Å². The van der Waals surface area contributed by atoms with E-state index in [0.717, 1.165) is 8.95 Å². The van der Waals surface area contributed by atoms with Crippen LogP contribution < -0.4 is 0 Å². The van der Waals surface area contributed by atoms with Crippen molar-refractivity contribution in [2.24, 2.45) is 0 Å². The first-order valence-corrected chi connectivity index (χ1v) is 33.2. The van der Waals surface area contributed by atoms with Gasteiger partial charge in [-0.15, -0.1) is 0 Å². The number of fused-ring (bicyclic) bond motifs is 10. The van der Waals surface area contributed by atoms with Crippen molar-refractivity contribution in [3.63, 3.8) is 0 Å². The number of rotatable bonds is 28. The summed E-state index contributed by atoms with van der Waals surface area (Å²) in [4.78, 5) is 0. The fraction of sp³-hybridized carbons (Fsp3) is 0.515. The summed E-state index contributed by atoms with van der Waals surface area (Å²) >= 11 is 23.1. The van der Waals surface area contributed by atoms with Crippen LogP contribution in [0.1, 0.15) is 230 Å². The molecule has 0 nitrogen and oxygen atoms in total. The Morgan fingerprint density at radius 3 is 0.986 bits per heavy atom. The monoisotopic (exact) mass is 1350 g/mol. The van der Waals surface area contributed by atoms with Crippen LogP contribution in [0.4, 0.5) is 0 Å². The number of halogens is 6. The second kappa shape index (κ2) is 28.9. The molecule has 0 fully saturated rings. The van der Waals surface area contributed by atoms with Crippen molar-refractivity contribution in [3.05, 3.63) is 134 Å². The minimum absolute atomic E-state index is 0.100. The predicted molar refractivity (Wildman–Crippen MR) is 339 cm³/mol. The van der Waals surface area contributed by atoms with Crippen LogP contribution in [0.15, 0.2) is 112 Å². The Morgan fingerprint density at radius 2 is 0.583 bits per heavy atom. The second-order valence-corrected chi connectivity index (χ2v) is 26.9. The minimum atomic E-state index is 0.100. The average Bonchev–Trinajstić information content (AvgIpc) is 3.78. The van der Waals surface area contributed by atoms with Crippen LogP contribution in [-0.4, -0.2) is 0 Å². The van der Waals surface area contributed by atoms with Gasteiger partial charge in [-0.2, -0.15) is 0 Å². The van der Waals surface area contributed by atoms with Crippen molar-refractivity contribution in [2.75, 3.05) is 0 Å². The molecule has 6 aromatic carbocycles. The fourth-order valence-electron chi connectivity index (χ4n) is 12.7. The third-order valence-corrected chi connectivity index (χ3v) is 19.8. The molecule has 2 aliphatic carbocycles. The third-order valence-electron chi connectivity index (χ3n) is 16.5. The SMILES string of the molecule is CCCCCCCCC1(CCCCCCCC)c2cc(Br)ccc2-c2c1cc(Br)c1cc(Br)ccc21.CCCCCCCCC1(CCCCCCCC)c2cc(Br)ccc2-c2c1cc(Br)c1ccc(Br)cc21. The van der Waals surface area contributed by atoms with E-state index in [1.54, 1.807) is 22.3 Å². The molecule has 0 atom stereocenters. The maximum atomic E-state index is 3.99. The van der Waals surface area contributed by atoms with Gasteiger partial charge in [0, 0.05) is 37.7 Å². The van der Waals surface area contributed by atoms with E-state index in [2.05, 4.69) is 208 Å². The summed E-state index contributed by atoms with van der Waals surface area (Å²) in [5.41, 5.74) is 12.2. The first-order valence-electron chi connectivity index (χ1n) is 28.5. The lowest BCUT2D eigenvalue weighted by Gasteiger charge is -2.33. The zero-order chi connectivity index (χ0) is 51.1. The van der Waals surface area contributed by atoms with Gasteiger partial charge in [0.15, 0.2) is 0 Å². The summed E-state index contributed by atoms with van der Waals surface area (Å²) in [6.07, 6.45) is 37.3. The molecule has 6 aromatic rings. The van der Waals surface area contributed by atoms with Crippen LogP contribution in [0.2, 0.25) is 0 Å². The molecule has 72 heavy (non-hydrogen) atoms. The van der Waals surface area contributed by atoms with Gasteiger partial charge in [-0.25, -0.2) is 0 Å². The molecule has 0 N–H and O–H groups in total. The van der Waals surface area contributed by atoms with Crippen LogP contribution in [0.3, 0.4) is 0 Å². The summed E-state index contributed by atoms with van der Waals surface area (Å²) in [5, 5.41) is 5.34. The first-order chi connectivity index (χ1) is 35.0. The highest BCUT2D eigenvalue weighted by Gasteiger charge is 2.45. The number of hydrogen-bond acceptors (Lipinski definition) is 0. The van der Waals surface area contributed by atoms with Gasteiger partial charge in [0.1, 0.15) is 0 Å². The molecule has 0 radical (unpaired) electrons. The topological polar surface area (TPSA) is 0 Å². The van der Waals surface area contributed by atoms with Crippen LogP contribution in [-0.2, 0) is 10.8 Å². The second-order valence-electron chi connectivity index (χ2n) is 21.6. The molecule has 0 spiro atoms. The van der Waals surface area contributed by atoms with Crippen LogP contribution in [0, 0.1) is 0 Å². The van der Waals surface area contributed by atoms with Crippen LogP contribution in [0.5, 0.6) is 0 Å². The van der Waals surface area contributed by atoms with Gasteiger partial charge in [0.2, 0.25) is 0 Å². The number of benzene rings is 6. The Labute approximate surface area is 487 Å². The van der Waals surface area contributed by atoms with E-state index in [1.807, 2.05) is 0 Å². The summed E-state index contributed by atoms with van der Waals surface area (Å²) in [6.45, 7) is 9.22. The highest BCUT2D eigenvalue weighted by Crippen LogP contribution is 2.59. The number of unbranched alkanes of at least 4 members (excludes halogenated alkanes) is 20. The average molecular weight is 1350 g/mol. The Hall–Kier alpha value is -1.28. The van der Waals surface area contributed by atoms with Crippen molar-refractivity contribution in [3.8, 4) is 22.3 Å². The Bertz CT molecular complexity index is 2660. The maximum absolute atomic E-state index is 3.99. The molecule has 2 aliphatic rings. The van der Waals surface area contributed by atoms with Gasteiger partial charge in [-0.05, 0) is 152 Å². The van der Waals surface area contributed by atoms with Gasteiger partial charge in [0.25, 0.3) is 0 Å². The summed E-state index contributed by atoms with van der Waals surface area (Å²) in [7, 11) is 0. The lowest BCUT2D eigenvalue weighted by Crippen LogP contribution is -2.25. The summed E-state index contributed by atoms with van der Waals surface area (Å²) in [5.74, 6) is 0. The molecule has 0 saturated heterocycles. The lowest BCUT2D eigenvalue weighted by atomic mass is 9.70. The zero-order valence-electron chi connectivity index (χ0n) is 44.1. The largest absolute Gasteiger partial charge is 0.0654 e. The van der Waals surface area contributed by atoms with Crippen LogP contribution >= 0.6 is 95.6 Å². The molecule has 0 aliphatic heterocycles. The van der Waals surface area contributed by atoms with Gasteiger partial charge >= 0.3 is 0 Å². The standard InChI is InChI=1S/2C33H41Br3/c1-3-5-7-9-11-13-19-33(20-14-12-10-8-6-4-2)29-22-25(35)16-18-27(29)32-26-17-15-24(34)21-28(26)31(36)23-30(32)33;1-3-5-7-9-11-13-19-33(20-14-12-10-8-6-4-2)29-22-25(35)16-18-27(29)32-28-21-24(34)15-17-26(28)31(36)23-30(32)33/h2*15-18,21-23H,3-14,19-20H2,1-2H3. The molecule has 388 valence electrons. The third kappa shape index (κ3) is 13.9. The van der Waals surface area contributed by atoms with Gasteiger partial charge < -0.3 is 0 Å². The molecule has 0 amide bonds. The van der Waals surface area contributed by atoms with E-state index < -0.39 is 0 Å². The summed E-state index contributed by atoms with van der Waals surface area (Å²) in [6, 6.07) is 32.6. The molecule has 6 heteroatoms. The lowest BCUT2D eigenvalue weighted by molar-refractivity contribution is 0.397. The van der Waals surface area contributed by atoms with Gasteiger partial charge in [-0.1, -0.05) is 302 Å². The zero-order valence-corrected chi connectivity index (χ0v) is 53.7. The van der Waals surface area contributed by atoms with E-state index in [0.29, 0.717) is 0 Å². The molecule has 0 unspecified atom stereocenters. The smallest absolute Gasteiger partial charge is 0.0257 e. The van der Waals surface area contributed by atoms with Gasteiger partial charge in [-0.3, -0.25) is 0 Å². The number of hydrogen-bond donors (Lipinski definition) is 0. The first kappa shape index (κ1) is 58.4. The van der Waals surface area contributed by atoms with Crippen molar-refractivity contribution in [1.82, 2.24) is 0 Å². The predicted octanol–water partition coefficient (Wildman–Crippen LogP) is 25.8. The van der Waals surface area contributed by atoms with E-state index in [1.165, 1.54) is 241 Å². The van der Waals surface area contributed by atoms with Crippen molar-refractivity contribution in [2.45, 2.75) is 218 Å². The quantitative estimate of drug-likeness (QED) is 0.0430. The highest BCUT2D eigenvalue weighted by atomic mass is 79.9. The molecular weight excluding hydrogens is 1270 g/mol. The molecule has 0 aromatic heterocycles.